The molecule has 21 heavy (non-hydrogen) atoms. The third kappa shape index (κ3) is 2.10. The van der Waals surface area contributed by atoms with E-state index in [0.717, 1.165) is 29.4 Å². The van der Waals surface area contributed by atoms with Crippen molar-refractivity contribution >= 4 is 0 Å². The minimum atomic E-state index is 0.0899. The fourth-order valence-corrected chi connectivity index (χ4v) is 5.72. The highest BCUT2D eigenvalue weighted by Gasteiger charge is 2.55. The van der Waals surface area contributed by atoms with E-state index < -0.39 is 0 Å². The second-order valence-electron chi connectivity index (χ2n) is 7.93. The van der Waals surface area contributed by atoms with Crippen molar-refractivity contribution in [3.63, 3.8) is 0 Å². The lowest BCUT2D eigenvalue weighted by molar-refractivity contribution is -0.0955. The SMILES string of the molecule is C=C1OCC=C1C1CC2C3CCCC(C)C3CCC2(C)O1. The molecule has 2 nitrogen and oxygen atoms in total. The first-order chi connectivity index (χ1) is 10.1. The summed E-state index contributed by atoms with van der Waals surface area (Å²) >= 11 is 0. The number of hydrogen-bond donors (Lipinski definition) is 0. The van der Waals surface area contributed by atoms with Crippen molar-refractivity contribution in [1.29, 1.82) is 0 Å². The van der Waals surface area contributed by atoms with E-state index in [-0.39, 0.29) is 11.7 Å². The normalized spacial score (nSPS) is 49.3. The van der Waals surface area contributed by atoms with Gasteiger partial charge in [0.1, 0.15) is 12.4 Å². The van der Waals surface area contributed by atoms with Crippen LogP contribution in [-0.2, 0) is 9.47 Å². The molecule has 2 heteroatoms. The van der Waals surface area contributed by atoms with Crippen molar-refractivity contribution in [2.24, 2.45) is 23.7 Å². The van der Waals surface area contributed by atoms with E-state index in [9.17, 15) is 0 Å². The second kappa shape index (κ2) is 4.87. The van der Waals surface area contributed by atoms with Gasteiger partial charge in [0.25, 0.3) is 0 Å². The Morgan fingerprint density at radius 3 is 2.86 bits per heavy atom. The Morgan fingerprint density at radius 1 is 1.24 bits per heavy atom. The number of ether oxygens (including phenoxy) is 2. The van der Waals surface area contributed by atoms with Crippen LogP contribution in [0, 0.1) is 23.7 Å². The Morgan fingerprint density at radius 2 is 2.10 bits per heavy atom. The van der Waals surface area contributed by atoms with E-state index in [4.69, 9.17) is 9.47 Å². The molecule has 0 aromatic carbocycles. The Bertz CT molecular complexity index is 480. The molecule has 0 spiro atoms. The second-order valence-corrected chi connectivity index (χ2v) is 7.93. The van der Waals surface area contributed by atoms with Gasteiger partial charge in [-0.2, -0.15) is 0 Å². The van der Waals surface area contributed by atoms with Crippen LogP contribution in [0.2, 0.25) is 0 Å². The standard InChI is InChI=1S/C19H28O2/c1-12-5-4-6-16-14(12)7-9-19(3)17(16)11-18(21-19)15-8-10-20-13(15)2/h8,12,14,16-18H,2,4-7,9-11H2,1,3H3. The average molecular weight is 288 g/mol. The molecule has 0 amide bonds. The van der Waals surface area contributed by atoms with Gasteiger partial charge in [-0.15, -0.1) is 0 Å². The third-order valence-corrected chi connectivity index (χ3v) is 6.86. The molecule has 2 aliphatic heterocycles. The molecule has 116 valence electrons. The van der Waals surface area contributed by atoms with Crippen molar-refractivity contribution in [3.05, 3.63) is 24.0 Å². The summed E-state index contributed by atoms with van der Waals surface area (Å²) < 4.78 is 12.1. The summed E-state index contributed by atoms with van der Waals surface area (Å²) in [5.41, 5.74) is 1.32. The van der Waals surface area contributed by atoms with Crippen molar-refractivity contribution < 1.29 is 9.47 Å². The van der Waals surface area contributed by atoms with Crippen LogP contribution in [0.4, 0.5) is 0 Å². The van der Waals surface area contributed by atoms with Gasteiger partial charge < -0.3 is 9.47 Å². The zero-order valence-corrected chi connectivity index (χ0v) is 13.4. The van der Waals surface area contributed by atoms with Crippen LogP contribution in [0.15, 0.2) is 24.0 Å². The molecule has 3 fully saturated rings. The van der Waals surface area contributed by atoms with Crippen molar-refractivity contribution in [2.45, 2.75) is 64.1 Å². The van der Waals surface area contributed by atoms with Gasteiger partial charge in [0, 0.05) is 5.57 Å². The first-order valence-electron chi connectivity index (χ1n) is 8.78. The molecule has 1 saturated heterocycles. The number of rotatable bonds is 1. The highest BCUT2D eigenvalue weighted by molar-refractivity contribution is 5.33. The first-order valence-corrected chi connectivity index (χ1v) is 8.78. The van der Waals surface area contributed by atoms with Gasteiger partial charge in [0.05, 0.1) is 11.7 Å². The zero-order valence-electron chi connectivity index (χ0n) is 13.4. The smallest absolute Gasteiger partial charge is 0.118 e. The summed E-state index contributed by atoms with van der Waals surface area (Å²) in [7, 11) is 0. The van der Waals surface area contributed by atoms with Gasteiger partial charge >= 0.3 is 0 Å². The van der Waals surface area contributed by atoms with E-state index in [1.165, 1.54) is 44.1 Å². The average Bonchev–Trinajstić information content (AvgIpc) is 3.02. The zero-order chi connectivity index (χ0) is 14.6. The third-order valence-electron chi connectivity index (χ3n) is 6.86. The Kier molecular flexibility index (Phi) is 3.22. The van der Waals surface area contributed by atoms with Crippen LogP contribution < -0.4 is 0 Å². The van der Waals surface area contributed by atoms with Crippen LogP contribution in [0.1, 0.15) is 52.4 Å². The van der Waals surface area contributed by atoms with Crippen LogP contribution >= 0.6 is 0 Å². The Hall–Kier alpha value is -0.760. The number of hydrogen-bond acceptors (Lipinski definition) is 2. The van der Waals surface area contributed by atoms with Crippen LogP contribution in [-0.4, -0.2) is 18.3 Å². The monoisotopic (exact) mass is 288 g/mol. The fraction of sp³-hybridized carbons (Fsp3) is 0.789. The van der Waals surface area contributed by atoms with E-state index in [2.05, 4.69) is 26.5 Å². The molecule has 2 heterocycles. The summed E-state index contributed by atoms with van der Waals surface area (Å²) in [4.78, 5) is 0. The molecule has 6 unspecified atom stereocenters. The van der Waals surface area contributed by atoms with E-state index in [1.807, 2.05) is 0 Å². The minimum absolute atomic E-state index is 0.0899. The summed E-state index contributed by atoms with van der Waals surface area (Å²) in [6.45, 7) is 9.56. The summed E-state index contributed by atoms with van der Waals surface area (Å²) in [5, 5.41) is 0. The summed E-state index contributed by atoms with van der Waals surface area (Å²) in [6.07, 6.45) is 10.5. The maximum absolute atomic E-state index is 6.58. The van der Waals surface area contributed by atoms with Crippen LogP contribution in [0.25, 0.3) is 0 Å². The van der Waals surface area contributed by atoms with Crippen molar-refractivity contribution in [1.82, 2.24) is 0 Å². The molecule has 0 aromatic heterocycles. The summed E-state index contributed by atoms with van der Waals surface area (Å²) in [6, 6.07) is 0. The van der Waals surface area contributed by atoms with E-state index >= 15 is 0 Å². The molecule has 0 bridgehead atoms. The highest BCUT2D eigenvalue weighted by atomic mass is 16.5. The topological polar surface area (TPSA) is 18.5 Å². The Labute approximate surface area is 128 Å². The molecule has 2 aliphatic carbocycles. The summed E-state index contributed by atoms with van der Waals surface area (Å²) in [5.74, 6) is 4.32. The lowest BCUT2D eigenvalue weighted by Crippen LogP contribution is -2.47. The molecule has 0 aromatic rings. The lowest BCUT2D eigenvalue weighted by atomic mass is 9.57. The quantitative estimate of drug-likeness (QED) is 0.709. The van der Waals surface area contributed by atoms with Gasteiger partial charge in [0.15, 0.2) is 0 Å². The molecule has 0 N–H and O–H groups in total. The predicted molar refractivity (Wildman–Crippen MR) is 83.8 cm³/mol. The fourth-order valence-electron chi connectivity index (χ4n) is 5.72. The van der Waals surface area contributed by atoms with Gasteiger partial charge in [-0.05, 0) is 62.4 Å². The maximum Gasteiger partial charge on any atom is 0.118 e. The molecule has 4 aliphatic rings. The molecule has 6 atom stereocenters. The highest BCUT2D eigenvalue weighted by Crippen LogP contribution is 2.57. The first kappa shape index (κ1) is 13.9. The number of fused-ring (bicyclic) bond motifs is 3. The predicted octanol–water partition coefficient (Wildman–Crippen LogP) is 4.47. The van der Waals surface area contributed by atoms with Gasteiger partial charge in [-0.3, -0.25) is 0 Å². The lowest BCUT2D eigenvalue weighted by Gasteiger charge is -2.49. The molecule has 0 radical (unpaired) electrons. The van der Waals surface area contributed by atoms with Crippen molar-refractivity contribution in [2.75, 3.05) is 6.61 Å². The van der Waals surface area contributed by atoms with E-state index in [1.54, 1.807) is 0 Å². The Balaban J connectivity index is 1.58. The minimum Gasteiger partial charge on any atom is -0.490 e. The maximum atomic E-state index is 6.58. The van der Waals surface area contributed by atoms with Crippen LogP contribution in [0.3, 0.4) is 0 Å². The van der Waals surface area contributed by atoms with Crippen LogP contribution in [0.5, 0.6) is 0 Å². The largest absolute Gasteiger partial charge is 0.490 e. The van der Waals surface area contributed by atoms with Gasteiger partial charge in [-0.1, -0.05) is 26.3 Å². The molecular weight excluding hydrogens is 260 g/mol. The van der Waals surface area contributed by atoms with Crippen molar-refractivity contribution in [3.8, 4) is 0 Å². The van der Waals surface area contributed by atoms with Gasteiger partial charge in [0.2, 0.25) is 0 Å². The molecule has 2 saturated carbocycles. The van der Waals surface area contributed by atoms with E-state index in [0.29, 0.717) is 6.61 Å². The molecule has 4 rings (SSSR count). The van der Waals surface area contributed by atoms with Gasteiger partial charge in [-0.25, -0.2) is 0 Å². The molecular formula is C19H28O2.